The zero-order valence-electron chi connectivity index (χ0n) is 14.8. The van der Waals surface area contributed by atoms with Crippen LogP contribution in [0.2, 0.25) is 5.02 Å². The van der Waals surface area contributed by atoms with Gasteiger partial charge in [-0.3, -0.25) is 4.79 Å². The van der Waals surface area contributed by atoms with E-state index in [-0.39, 0.29) is 18.1 Å². The van der Waals surface area contributed by atoms with Gasteiger partial charge >= 0.3 is 5.69 Å². The number of halogens is 2. The molecule has 4 aromatic rings. The summed E-state index contributed by atoms with van der Waals surface area (Å²) < 4.78 is 15.2. The summed E-state index contributed by atoms with van der Waals surface area (Å²) in [6.07, 6.45) is 1.49. The average molecular weight is 413 g/mol. The quantitative estimate of drug-likeness (QED) is 0.525. The number of amides is 1. The largest absolute Gasteiger partial charge is 0.352 e. The minimum atomic E-state index is -0.504. The summed E-state index contributed by atoms with van der Waals surface area (Å²) in [6, 6.07) is 14.1. The van der Waals surface area contributed by atoms with Crippen molar-refractivity contribution in [3.8, 4) is 0 Å². The highest BCUT2D eigenvalue weighted by Crippen LogP contribution is 2.20. The van der Waals surface area contributed by atoms with Crippen LogP contribution in [0.4, 0.5) is 21.6 Å². The molecule has 0 spiro atoms. The van der Waals surface area contributed by atoms with Crippen LogP contribution >= 0.6 is 11.6 Å². The van der Waals surface area contributed by atoms with Gasteiger partial charge in [0, 0.05) is 11.9 Å². The first-order chi connectivity index (χ1) is 14.0. The van der Waals surface area contributed by atoms with Crippen LogP contribution in [0.1, 0.15) is 0 Å². The molecule has 2 aromatic heterocycles. The Kier molecular flexibility index (Phi) is 4.96. The minimum absolute atomic E-state index is 0.118. The predicted octanol–water partition coefficient (Wildman–Crippen LogP) is 3.07. The van der Waals surface area contributed by atoms with E-state index in [2.05, 4.69) is 20.7 Å². The molecule has 2 aromatic carbocycles. The van der Waals surface area contributed by atoms with Crippen molar-refractivity contribution in [3.63, 3.8) is 0 Å². The monoisotopic (exact) mass is 412 g/mol. The molecule has 146 valence electrons. The number of benzene rings is 2. The number of nitrogens with one attached hydrogen (secondary N) is 2. The molecule has 0 aliphatic rings. The second-order valence-corrected chi connectivity index (χ2v) is 6.49. The molecule has 0 unspecified atom stereocenters. The van der Waals surface area contributed by atoms with Gasteiger partial charge in [-0.15, -0.1) is 5.10 Å². The molecule has 0 saturated carbocycles. The third-order valence-corrected chi connectivity index (χ3v) is 4.34. The first kappa shape index (κ1) is 18.6. The average Bonchev–Trinajstić information content (AvgIpc) is 3.00. The lowest BCUT2D eigenvalue weighted by Gasteiger charge is -2.06. The fourth-order valence-corrected chi connectivity index (χ4v) is 2.83. The van der Waals surface area contributed by atoms with Crippen molar-refractivity contribution in [1.82, 2.24) is 19.2 Å². The number of fused-ring (bicyclic) bond motifs is 1. The van der Waals surface area contributed by atoms with Crippen molar-refractivity contribution in [2.45, 2.75) is 6.54 Å². The molecule has 0 saturated heterocycles. The number of aromatic nitrogens is 4. The van der Waals surface area contributed by atoms with Gasteiger partial charge in [-0.1, -0.05) is 23.7 Å². The maximum absolute atomic E-state index is 13.0. The topological polar surface area (TPSA) is 93.3 Å². The van der Waals surface area contributed by atoms with E-state index in [1.54, 1.807) is 42.5 Å². The number of para-hydroxylation sites is 1. The third kappa shape index (κ3) is 4.09. The van der Waals surface area contributed by atoms with Crippen molar-refractivity contribution >= 4 is 40.5 Å². The van der Waals surface area contributed by atoms with Crippen LogP contribution in [0.15, 0.2) is 65.6 Å². The second-order valence-electron chi connectivity index (χ2n) is 6.08. The van der Waals surface area contributed by atoms with Crippen LogP contribution in [-0.4, -0.2) is 25.1 Å². The van der Waals surface area contributed by atoms with Gasteiger partial charge in [0.2, 0.25) is 5.91 Å². The molecular weight excluding hydrogens is 399 g/mol. The normalized spacial score (nSPS) is 10.8. The lowest BCUT2D eigenvalue weighted by Crippen LogP contribution is -2.28. The molecule has 0 aliphatic carbocycles. The van der Waals surface area contributed by atoms with E-state index < -0.39 is 11.6 Å². The van der Waals surface area contributed by atoms with E-state index in [0.29, 0.717) is 22.2 Å². The van der Waals surface area contributed by atoms with E-state index in [1.165, 1.54) is 22.7 Å². The first-order valence-corrected chi connectivity index (χ1v) is 8.90. The first-order valence-electron chi connectivity index (χ1n) is 8.53. The van der Waals surface area contributed by atoms with Crippen LogP contribution in [-0.2, 0) is 11.3 Å². The Morgan fingerprint density at radius 3 is 2.62 bits per heavy atom. The highest BCUT2D eigenvalue weighted by Gasteiger charge is 2.13. The molecule has 2 N–H and O–H groups in total. The summed E-state index contributed by atoms with van der Waals surface area (Å²) in [4.78, 5) is 29.0. The van der Waals surface area contributed by atoms with Crippen molar-refractivity contribution in [1.29, 1.82) is 0 Å². The van der Waals surface area contributed by atoms with Crippen molar-refractivity contribution in [2.24, 2.45) is 0 Å². The third-order valence-electron chi connectivity index (χ3n) is 4.01. The molecule has 0 radical (unpaired) electrons. The van der Waals surface area contributed by atoms with Crippen molar-refractivity contribution in [3.05, 3.63) is 82.1 Å². The number of hydrogen-bond donors (Lipinski definition) is 2. The molecule has 1 amide bonds. The van der Waals surface area contributed by atoms with Crippen LogP contribution in [0.3, 0.4) is 0 Å². The highest BCUT2D eigenvalue weighted by atomic mass is 35.5. The van der Waals surface area contributed by atoms with Crippen molar-refractivity contribution in [2.75, 3.05) is 10.6 Å². The smallest absolute Gasteiger partial charge is 0.340 e. The Bertz CT molecular complexity index is 1250. The maximum Gasteiger partial charge on any atom is 0.352 e. The molecule has 0 atom stereocenters. The number of nitrogens with zero attached hydrogens (tertiary/aromatic N) is 4. The lowest BCUT2D eigenvalue weighted by atomic mass is 10.3. The summed E-state index contributed by atoms with van der Waals surface area (Å²) in [5, 5.41) is 10.1. The Hall–Kier alpha value is -3.72. The summed E-state index contributed by atoms with van der Waals surface area (Å²) in [5.41, 5.74) is 0.569. The van der Waals surface area contributed by atoms with E-state index in [0.717, 1.165) is 4.68 Å². The number of carbonyl (C=O) groups excluding carboxylic acids is 1. The van der Waals surface area contributed by atoms with Gasteiger partial charge in [0.15, 0.2) is 0 Å². The Morgan fingerprint density at radius 1 is 1.10 bits per heavy atom. The molecule has 29 heavy (non-hydrogen) atoms. The molecule has 2 heterocycles. The Balaban J connectivity index is 1.54. The maximum atomic E-state index is 13.0. The molecule has 10 heteroatoms. The second kappa shape index (κ2) is 7.72. The van der Waals surface area contributed by atoms with Gasteiger partial charge in [-0.2, -0.15) is 4.98 Å². The zero-order chi connectivity index (χ0) is 20.4. The summed E-state index contributed by atoms with van der Waals surface area (Å²) in [6.45, 7) is -0.297. The SMILES string of the molecule is O=C(Cn1nc2nc(Nc3ccc(F)cc3)ccn2c1=O)Nc1ccccc1Cl. The van der Waals surface area contributed by atoms with Gasteiger partial charge in [0.25, 0.3) is 5.78 Å². The molecule has 0 aliphatic heterocycles. The van der Waals surface area contributed by atoms with Crippen LogP contribution in [0.5, 0.6) is 0 Å². The van der Waals surface area contributed by atoms with Gasteiger partial charge in [0.05, 0.1) is 10.7 Å². The van der Waals surface area contributed by atoms with E-state index in [1.807, 2.05) is 0 Å². The Labute approximate surface area is 168 Å². The lowest BCUT2D eigenvalue weighted by molar-refractivity contribution is -0.117. The fraction of sp³-hybridized carbons (Fsp3) is 0.0526. The predicted molar refractivity (Wildman–Crippen MR) is 107 cm³/mol. The fourth-order valence-electron chi connectivity index (χ4n) is 2.65. The van der Waals surface area contributed by atoms with Crippen molar-refractivity contribution < 1.29 is 9.18 Å². The zero-order valence-corrected chi connectivity index (χ0v) is 15.6. The van der Waals surface area contributed by atoms with Gasteiger partial charge < -0.3 is 10.6 Å². The number of hydrogen-bond acceptors (Lipinski definition) is 5. The van der Waals surface area contributed by atoms with E-state index in [9.17, 15) is 14.0 Å². The Morgan fingerprint density at radius 2 is 1.86 bits per heavy atom. The van der Waals surface area contributed by atoms with Gasteiger partial charge in [-0.25, -0.2) is 18.3 Å². The van der Waals surface area contributed by atoms with Crippen LogP contribution in [0, 0.1) is 5.82 Å². The molecule has 8 nitrogen and oxygen atoms in total. The number of carbonyl (C=O) groups is 1. The van der Waals surface area contributed by atoms with Crippen LogP contribution < -0.4 is 16.3 Å². The van der Waals surface area contributed by atoms with E-state index in [4.69, 9.17) is 11.6 Å². The molecule has 4 rings (SSSR count). The van der Waals surface area contributed by atoms with Crippen LogP contribution in [0.25, 0.3) is 5.78 Å². The molecule has 0 bridgehead atoms. The standard InChI is InChI=1S/C19H14ClFN6O2/c20-14-3-1-2-4-15(14)23-17(28)11-27-19(29)26-10-9-16(24-18(26)25-27)22-13-7-5-12(21)6-8-13/h1-10H,11H2,(H,23,28)(H,22,24,25). The van der Waals surface area contributed by atoms with Gasteiger partial charge in [-0.05, 0) is 42.5 Å². The van der Waals surface area contributed by atoms with Gasteiger partial charge in [0.1, 0.15) is 18.2 Å². The summed E-state index contributed by atoms with van der Waals surface area (Å²) in [5.74, 6) is -0.262. The summed E-state index contributed by atoms with van der Waals surface area (Å²) >= 11 is 6.02. The molecular formula is C19H14ClFN6O2. The minimum Gasteiger partial charge on any atom is -0.340 e. The molecule has 0 fully saturated rings. The number of anilines is 3. The highest BCUT2D eigenvalue weighted by molar-refractivity contribution is 6.33. The van der Waals surface area contributed by atoms with E-state index >= 15 is 0 Å². The summed E-state index contributed by atoms with van der Waals surface area (Å²) in [7, 11) is 0. The number of rotatable bonds is 5.